The van der Waals surface area contributed by atoms with E-state index < -0.39 is 0 Å². The van der Waals surface area contributed by atoms with Gasteiger partial charge in [-0.2, -0.15) is 4.98 Å². The van der Waals surface area contributed by atoms with Crippen molar-refractivity contribution >= 4 is 17.5 Å². The predicted molar refractivity (Wildman–Crippen MR) is 107 cm³/mol. The molecule has 6 nitrogen and oxygen atoms in total. The van der Waals surface area contributed by atoms with Crippen molar-refractivity contribution in [2.75, 3.05) is 6.61 Å². The SMILES string of the molecule is Cc1ccc(OCC(=O)N(Cc2nc(-c3ccc(Cl)cc3)no2)C(C)C)cc1. The highest BCUT2D eigenvalue weighted by Gasteiger charge is 2.21. The molecule has 1 heterocycles. The zero-order valence-corrected chi connectivity index (χ0v) is 16.8. The van der Waals surface area contributed by atoms with Crippen LogP contribution in [0.3, 0.4) is 0 Å². The molecule has 0 fully saturated rings. The van der Waals surface area contributed by atoms with Gasteiger partial charge in [0.05, 0.1) is 0 Å². The van der Waals surface area contributed by atoms with E-state index >= 15 is 0 Å². The second kappa shape index (κ2) is 8.89. The highest BCUT2D eigenvalue weighted by Crippen LogP contribution is 2.19. The minimum absolute atomic E-state index is 0.0417. The molecule has 3 rings (SSSR count). The molecule has 7 heteroatoms. The Morgan fingerprint density at radius 3 is 2.46 bits per heavy atom. The number of rotatable bonds is 7. The number of aryl methyl sites for hydroxylation is 1. The first kappa shape index (κ1) is 19.9. The van der Waals surface area contributed by atoms with Gasteiger partial charge in [-0.25, -0.2) is 0 Å². The highest BCUT2D eigenvalue weighted by molar-refractivity contribution is 6.30. The number of hydrogen-bond acceptors (Lipinski definition) is 5. The average Bonchev–Trinajstić information content (AvgIpc) is 3.14. The molecule has 0 unspecified atom stereocenters. The van der Waals surface area contributed by atoms with Crippen molar-refractivity contribution in [2.45, 2.75) is 33.4 Å². The first-order valence-corrected chi connectivity index (χ1v) is 9.37. The summed E-state index contributed by atoms with van der Waals surface area (Å²) < 4.78 is 10.9. The number of halogens is 1. The summed E-state index contributed by atoms with van der Waals surface area (Å²) in [6.07, 6.45) is 0. The third kappa shape index (κ3) is 5.10. The lowest BCUT2D eigenvalue weighted by molar-refractivity contribution is -0.136. The maximum Gasteiger partial charge on any atom is 0.261 e. The molecule has 0 spiro atoms. The molecule has 28 heavy (non-hydrogen) atoms. The van der Waals surface area contributed by atoms with Crippen molar-refractivity contribution in [3.05, 3.63) is 65.0 Å². The monoisotopic (exact) mass is 399 g/mol. The van der Waals surface area contributed by atoms with Crippen molar-refractivity contribution in [1.82, 2.24) is 15.0 Å². The van der Waals surface area contributed by atoms with Crippen molar-refractivity contribution in [1.29, 1.82) is 0 Å². The van der Waals surface area contributed by atoms with Crippen LogP contribution in [0, 0.1) is 6.92 Å². The number of nitrogens with zero attached hydrogens (tertiary/aromatic N) is 3. The van der Waals surface area contributed by atoms with E-state index in [4.69, 9.17) is 20.9 Å². The fraction of sp³-hybridized carbons (Fsp3) is 0.286. The summed E-state index contributed by atoms with van der Waals surface area (Å²) >= 11 is 5.90. The number of amides is 1. The van der Waals surface area contributed by atoms with Crippen LogP contribution in [0.5, 0.6) is 5.75 Å². The molecule has 0 radical (unpaired) electrons. The molecule has 0 aliphatic heterocycles. The maximum atomic E-state index is 12.6. The highest BCUT2D eigenvalue weighted by atomic mass is 35.5. The van der Waals surface area contributed by atoms with Gasteiger partial charge in [-0.05, 0) is 57.2 Å². The van der Waals surface area contributed by atoms with Gasteiger partial charge in [-0.3, -0.25) is 4.79 Å². The van der Waals surface area contributed by atoms with Crippen molar-refractivity contribution in [3.8, 4) is 17.1 Å². The maximum absolute atomic E-state index is 12.6. The lowest BCUT2D eigenvalue weighted by Gasteiger charge is -2.25. The summed E-state index contributed by atoms with van der Waals surface area (Å²) in [5, 5.41) is 4.63. The minimum atomic E-state index is -0.151. The van der Waals surface area contributed by atoms with Crippen LogP contribution in [0.25, 0.3) is 11.4 Å². The van der Waals surface area contributed by atoms with Gasteiger partial charge in [0, 0.05) is 16.6 Å². The van der Waals surface area contributed by atoms with Crippen molar-refractivity contribution in [3.63, 3.8) is 0 Å². The number of benzene rings is 2. The quantitative estimate of drug-likeness (QED) is 0.584. The van der Waals surface area contributed by atoms with Crippen LogP contribution in [0.15, 0.2) is 53.1 Å². The number of carbonyl (C=O) groups excluding carboxylic acids is 1. The lowest BCUT2D eigenvalue weighted by atomic mass is 10.2. The molecule has 0 bridgehead atoms. The topological polar surface area (TPSA) is 68.5 Å². The smallest absolute Gasteiger partial charge is 0.261 e. The van der Waals surface area contributed by atoms with Crippen LogP contribution in [-0.2, 0) is 11.3 Å². The van der Waals surface area contributed by atoms with Crippen molar-refractivity contribution < 1.29 is 14.1 Å². The van der Waals surface area contributed by atoms with Crippen LogP contribution < -0.4 is 4.74 Å². The summed E-state index contributed by atoms with van der Waals surface area (Å²) in [6.45, 7) is 6.02. The number of ether oxygens (including phenoxy) is 1. The standard InChI is InChI=1S/C21H22ClN3O3/c1-14(2)25(20(26)13-27-18-10-4-15(3)5-11-18)12-19-23-21(24-28-19)16-6-8-17(22)9-7-16/h4-11,14H,12-13H2,1-3H3. The summed E-state index contributed by atoms with van der Waals surface area (Å²) in [6, 6.07) is 14.7. The molecule has 0 atom stereocenters. The number of carbonyl (C=O) groups is 1. The molecule has 146 valence electrons. The van der Waals surface area contributed by atoms with Gasteiger partial charge in [-0.1, -0.05) is 34.5 Å². The normalized spacial score (nSPS) is 10.9. The van der Waals surface area contributed by atoms with E-state index in [2.05, 4.69) is 10.1 Å². The van der Waals surface area contributed by atoms with Crippen LogP contribution in [-0.4, -0.2) is 33.6 Å². The fourth-order valence-corrected chi connectivity index (χ4v) is 2.73. The zero-order valence-electron chi connectivity index (χ0n) is 16.1. The Labute approximate surface area is 169 Å². The Balaban J connectivity index is 1.64. The lowest BCUT2D eigenvalue weighted by Crippen LogP contribution is -2.39. The Hall–Kier alpha value is -2.86. The van der Waals surface area contributed by atoms with Crippen LogP contribution in [0.4, 0.5) is 0 Å². The van der Waals surface area contributed by atoms with Gasteiger partial charge in [-0.15, -0.1) is 0 Å². The summed E-state index contributed by atoms with van der Waals surface area (Å²) in [5.74, 6) is 1.33. The van der Waals surface area contributed by atoms with Gasteiger partial charge in [0.15, 0.2) is 6.61 Å². The van der Waals surface area contributed by atoms with E-state index in [9.17, 15) is 4.79 Å². The Bertz CT molecular complexity index is 921. The van der Waals surface area contributed by atoms with E-state index in [0.717, 1.165) is 11.1 Å². The minimum Gasteiger partial charge on any atom is -0.484 e. The van der Waals surface area contributed by atoms with E-state index in [1.54, 1.807) is 17.0 Å². The van der Waals surface area contributed by atoms with Gasteiger partial charge in [0.2, 0.25) is 11.7 Å². The van der Waals surface area contributed by atoms with Gasteiger partial charge in [0.1, 0.15) is 12.3 Å². The first-order valence-electron chi connectivity index (χ1n) is 9.00. The fourth-order valence-electron chi connectivity index (χ4n) is 2.60. The predicted octanol–water partition coefficient (Wildman–Crippen LogP) is 4.51. The molecule has 0 saturated heterocycles. The van der Waals surface area contributed by atoms with E-state index in [1.807, 2.05) is 57.2 Å². The third-order valence-electron chi connectivity index (χ3n) is 4.20. The van der Waals surface area contributed by atoms with Crippen LogP contribution in [0.1, 0.15) is 25.3 Å². The Morgan fingerprint density at radius 2 is 1.82 bits per heavy atom. The third-order valence-corrected chi connectivity index (χ3v) is 4.46. The Kier molecular flexibility index (Phi) is 6.31. The molecule has 0 aliphatic carbocycles. The summed E-state index contributed by atoms with van der Waals surface area (Å²) in [4.78, 5) is 18.7. The number of hydrogen-bond donors (Lipinski definition) is 0. The van der Waals surface area contributed by atoms with Gasteiger partial charge in [0.25, 0.3) is 5.91 Å². The zero-order chi connectivity index (χ0) is 20.1. The second-order valence-corrected chi connectivity index (χ2v) is 7.17. The largest absolute Gasteiger partial charge is 0.484 e. The molecule has 3 aromatic rings. The molecule has 0 saturated carbocycles. The molecule has 0 aliphatic rings. The van der Waals surface area contributed by atoms with Crippen LogP contribution >= 0.6 is 11.6 Å². The van der Waals surface area contributed by atoms with Gasteiger partial charge >= 0.3 is 0 Å². The first-order chi connectivity index (χ1) is 13.4. The average molecular weight is 400 g/mol. The van der Waals surface area contributed by atoms with E-state index in [1.165, 1.54) is 0 Å². The van der Waals surface area contributed by atoms with Crippen molar-refractivity contribution in [2.24, 2.45) is 0 Å². The van der Waals surface area contributed by atoms with E-state index in [-0.39, 0.29) is 25.1 Å². The van der Waals surface area contributed by atoms with E-state index in [0.29, 0.717) is 22.5 Å². The molecule has 1 aromatic heterocycles. The Morgan fingerprint density at radius 1 is 1.14 bits per heavy atom. The molecule has 1 amide bonds. The molecule has 0 N–H and O–H groups in total. The van der Waals surface area contributed by atoms with Crippen LogP contribution in [0.2, 0.25) is 5.02 Å². The molecular weight excluding hydrogens is 378 g/mol. The number of aromatic nitrogens is 2. The second-order valence-electron chi connectivity index (χ2n) is 6.74. The summed E-state index contributed by atoms with van der Waals surface area (Å²) in [5.41, 5.74) is 1.93. The summed E-state index contributed by atoms with van der Waals surface area (Å²) in [7, 11) is 0. The molecular formula is C21H22ClN3O3. The van der Waals surface area contributed by atoms with Gasteiger partial charge < -0.3 is 14.2 Å². The molecule has 2 aromatic carbocycles.